The Bertz CT molecular complexity index is 248. The molecule has 0 aromatic rings. The Hall–Kier alpha value is -0.376. The molecular weight excluding hydrogens is 254 g/mol. The first kappa shape index (κ1) is 16.6. The third kappa shape index (κ3) is 11.9. The van der Waals surface area contributed by atoms with Gasteiger partial charge in [-0.2, -0.15) is 0 Å². The molecule has 0 aliphatic heterocycles. The molecule has 2 N–H and O–H groups in total. The zero-order valence-corrected chi connectivity index (χ0v) is 13.7. The highest BCUT2D eigenvalue weighted by atomic mass is 28.4. The molecule has 17 heavy (non-hydrogen) atoms. The standard InChI is InChI=1S/C10H25NO4Si2/c1-16(2,3)14-8-9(7-11-10(12)13)15-17(4,5)6/h9,11H,7-8H2,1-6H3,(H,12,13)/t9-/m1/s1. The predicted octanol–water partition coefficient (Wildman–Crippen LogP) is 2.33. The largest absolute Gasteiger partial charge is 0.465 e. The van der Waals surface area contributed by atoms with E-state index in [-0.39, 0.29) is 12.6 Å². The third-order valence-corrected chi connectivity index (χ3v) is 3.78. The summed E-state index contributed by atoms with van der Waals surface area (Å²) in [7, 11) is -3.28. The van der Waals surface area contributed by atoms with Crippen molar-refractivity contribution >= 4 is 22.7 Å². The molecule has 102 valence electrons. The van der Waals surface area contributed by atoms with Gasteiger partial charge in [0.2, 0.25) is 0 Å². The van der Waals surface area contributed by atoms with Crippen LogP contribution in [0.1, 0.15) is 0 Å². The summed E-state index contributed by atoms with van der Waals surface area (Å²) < 4.78 is 11.7. The van der Waals surface area contributed by atoms with Gasteiger partial charge in [0.1, 0.15) is 0 Å². The van der Waals surface area contributed by atoms with Crippen molar-refractivity contribution in [2.24, 2.45) is 0 Å². The first-order chi connectivity index (χ1) is 7.49. The molecule has 0 radical (unpaired) electrons. The summed E-state index contributed by atoms with van der Waals surface area (Å²) in [4.78, 5) is 10.5. The summed E-state index contributed by atoms with van der Waals surface area (Å²) >= 11 is 0. The lowest BCUT2D eigenvalue weighted by Crippen LogP contribution is -2.44. The topological polar surface area (TPSA) is 67.8 Å². The molecule has 0 bridgehead atoms. The fourth-order valence-corrected chi connectivity index (χ4v) is 3.02. The predicted molar refractivity (Wildman–Crippen MR) is 73.5 cm³/mol. The molecule has 0 fully saturated rings. The Labute approximate surface area is 106 Å². The van der Waals surface area contributed by atoms with Crippen LogP contribution in [0.3, 0.4) is 0 Å². The number of hydrogen-bond donors (Lipinski definition) is 2. The van der Waals surface area contributed by atoms with Gasteiger partial charge in [-0.15, -0.1) is 0 Å². The van der Waals surface area contributed by atoms with Crippen LogP contribution < -0.4 is 5.32 Å². The number of hydrogen-bond acceptors (Lipinski definition) is 3. The fourth-order valence-electron chi connectivity index (χ4n) is 1.18. The number of amides is 1. The fraction of sp³-hybridized carbons (Fsp3) is 0.900. The summed E-state index contributed by atoms with van der Waals surface area (Å²) in [5.74, 6) is 0. The van der Waals surface area contributed by atoms with Gasteiger partial charge < -0.3 is 19.3 Å². The smallest absolute Gasteiger partial charge is 0.404 e. The number of carboxylic acid groups (broad SMARTS) is 1. The van der Waals surface area contributed by atoms with Gasteiger partial charge in [0.05, 0.1) is 12.7 Å². The van der Waals surface area contributed by atoms with Crippen LogP contribution in [0, 0.1) is 0 Å². The molecule has 0 rings (SSSR count). The van der Waals surface area contributed by atoms with Gasteiger partial charge in [-0.05, 0) is 39.3 Å². The summed E-state index contributed by atoms with van der Waals surface area (Å²) in [5, 5.41) is 11.0. The third-order valence-electron chi connectivity index (χ3n) is 1.70. The van der Waals surface area contributed by atoms with E-state index in [2.05, 4.69) is 44.6 Å². The van der Waals surface area contributed by atoms with Crippen LogP contribution in [-0.4, -0.2) is 47.1 Å². The second-order valence-corrected chi connectivity index (χ2v) is 14.9. The van der Waals surface area contributed by atoms with Gasteiger partial charge in [0.25, 0.3) is 0 Å². The SMILES string of the molecule is C[Si](C)(C)OC[C@@H](CNC(=O)O)O[Si](C)(C)C. The average Bonchev–Trinajstić information content (AvgIpc) is 2.06. The molecule has 0 spiro atoms. The van der Waals surface area contributed by atoms with E-state index in [4.69, 9.17) is 14.0 Å². The lowest BCUT2D eigenvalue weighted by Gasteiger charge is -2.28. The summed E-state index contributed by atoms with van der Waals surface area (Å²) in [6, 6.07) is 0. The van der Waals surface area contributed by atoms with Gasteiger partial charge in [0.15, 0.2) is 16.6 Å². The Morgan fingerprint density at radius 2 is 1.71 bits per heavy atom. The highest BCUT2D eigenvalue weighted by Gasteiger charge is 2.24. The molecule has 0 unspecified atom stereocenters. The van der Waals surface area contributed by atoms with Crippen LogP contribution in [0.5, 0.6) is 0 Å². The van der Waals surface area contributed by atoms with E-state index in [9.17, 15) is 4.79 Å². The molecule has 0 aliphatic carbocycles. The van der Waals surface area contributed by atoms with Crippen molar-refractivity contribution in [3.8, 4) is 0 Å². The highest BCUT2D eigenvalue weighted by molar-refractivity contribution is 6.70. The van der Waals surface area contributed by atoms with Crippen molar-refractivity contribution in [1.82, 2.24) is 5.32 Å². The Morgan fingerprint density at radius 3 is 2.06 bits per heavy atom. The maximum atomic E-state index is 10.5. The van der Waals surface area contributed by atoms with Crippen LogP contribution >= 0.6 is 0 Å². The molecule has 0 saturated carbocycles. The van der Waals surface area contributed by atoms with Crippen LogP contribution in [0.15, 0.2) is 0 Å². The second-order valence-electron chi connectivity index (χ2n) is 5.96. The summed E-state index contributed by atoms with van der Waals surface area (Å²) in [6.07, 6.45) is -1.22. The van der Waals surface area contributed by atoms with Crippen molar-refractivity contribution in [3.05, 3.63) is 0 Å². The number of rotatable bonds is 7. The van der Waals surface area contributed by atoms with Crippen molar-refractivity contribution in [2.75, 3.05) is 13.2 Å². The quantitative estimate of drug-likeness (QED) is 0.702. The zero-order chi connectivity index (χ0) is 13.7. The second kappa shape index (κ2) is 6.53. The first-order valence-corrected chi connectivity index (χ1v) is 12.6. The minimum absolute atomic E-state index is 0.190. The average molecular weight is 279 g/mol. The highest BCUT2D eigenvalue weighted by Crippen LogP contribution is 2.10. The Balaban J connectivity index is 4.25. The molecule has 0 aliphatic rings. The minimum atomic E-state index is -1.69. The monoisotopic (exact) mass is 279 g/mol. The minimum Gasteiger partial charge on any atom is -0.465 e. The molecule has 0 aromatic carbocycles. The van der Waals surface area contributed by atoms with Crippen LogP contribution in [0.2, 0.25) is 39.3 Å². The molecular formula is C10H25NO4Si2. The Kier molecular flexibility index (Phi) is 6.38. The van der Waals surface area contributed by atoms with Gasteiger partial charge in [-0.3, -0.25) is 0 Å². The van der Waals surface area contributed by atoms with Gasteiger partial charge >= 0.3 is 6.09 Å². The molecule has 5 nitrogen and oxygen atoms in total. The first-order valence-electron chi connectivity index (χ1n) is 5.78. The van der Waals surface area contributed by atoms with Crippen LogP contribution in [0.25, 0.3) is 0 Å². The molecule has 1 amide bonds. The molecule has 7 heteroatoms. The van der Waals surface area contributed by atoms with Crippen molar-refractivity contribution < 1.29 is 18.8 Å². The van der Waals surface area contributed by atoms with Crippen molar-refractivity contribution in [1.29, 1.82) is 0 Å². The molecule has 0 aromatic heterocycles. The zero-order valence-electron chi connectivity index (χ0n) is 11.7. The van der Waals surface area contributed by atoms with Gasteiger partial charge in [0, 0.05) is 6.54 Å². The van der Waals surface area contributed by atoms with E-state index < -0.39 is 22.7 Å². The van der Waals surface area contributed by atoms with E-state index in [1.165, 1.54) is 0 Å². The van der Waals surface area contributed by atoms with Crippen molar-refractivity contribution in [2.45, 2.75) is 45.4 Å². The maximum Gasteiger partial charge on any atom is 0.404 e. The van der Waals surface area contributed by atoms with Crippen LogP contribution in [0.4, 0.5) is 4.79 Å². The lowest BCUT2D eigenvalue weighted by atomic mass is 10.4. The van der Waals surface area contributed by atoms with Crippen molar-refractivity contribution in [3.63, 3.8) is 0 Å². The normalized spacial score (nSPS) is 14.5. The number of carbonyl (C=O) groups is 1. The molecule has 0 heterocycles. The summed E-state index contributed by atoms with van der Waals surface area (Å²) in [6.45, 7) is 13.3. The number of nitrogens with one attached hydrogen (secondary N) is 1. The van der Waals surface area contributed by atoms with Crippen LogP contribution in [-0.2, 0) is 8.85 Å². The van der Waals surface area contributed by atoms with E-state index in [0.29, 0.717) is 6.61 Å². The van der Waals surface area contributed by atoms with E-state index >= 15 is 0 Å². The van der Waals surface area contributed by atoms with Gasteiger partial charge in [-0.25, -0.2) is 4.79 Å². The lowest BCUT2D eigenvalue weighted by molar-refractivity contribution is 0.115. The maximum absolute atomic E-state index is 10.5. The van der Waals surface area contributed by atoms with E-state index in [0.717, 1.165) is 0 Å². The van der Waals surface area contributed by atoms with E-state index in [1.54, 1.807) is 0 Å². The molecule has 0 saturated heterocycles. The molecule has 1 atom stereocenters. The summed E-state index contributed by atoms with van der Waals surface area (Å²) in [5.41, 5.74) is 0. The van der Waals surface area contributed by atoms with Gasteiger partial charge in [-0.1, -0.05) is 0 Å². The Morgan fingerprint density at radius 1 is 1.18 bits per heavy atom. The van der Waals surface area contributed by atoms with E-state index in [1.807, 2.05) is 0 Å².